The number of fused-ring (bicyclic) bond motifs is 1. The minimum Gasteiger partial charge on any atom is -0.493 e. The molecular formula is C16H13Cl2NO2. The zero-order valence-electron chi connectivity index (χ0n) is 11.2. The molecule has 0 unspecified atom stereocenters. The number of benzene rings is 2. The summed E-state index contributed by atoms with van der Waals surface area (Å²) in [5.41, 5.74) is 2.73. The smallest absolute Gasteiger partial charge is 0.251 e. The summed E-state index contributed by atoms with van der Waals surface area (Å²) < 4.78 is 5.46. The topological polar surface area (TPSA) is 38.3 Å². The third-order valence-electron chi connectivity index (χ3n) is 3.39. The number of carbonyl (C=O) groups is 1. The van der Waals surface area contributed by atoms with Gasteiger partial charge in [-0.05, 0) is 35.4 Å². The van der Waals surface area contributed by atoms with Crippen molar-refractivity contribution >= 4 is 29.1 Å². The molecule has 0 saturated heterocycles. The van der Waals surface area contributed by atoms with Crippen LogP contribution in [-0.2, 0) is 13.0 Å². The molecular weight excluding hydrogens is 309 g/mol. The Hall–Kier alpha value is -1.71. The van der Waals surface area contributed by atoms with Crippen LogP contribution in [0.3, 0.4) is 0 Å². The fourth-order valence-electron chi connectivity index (χ4n) is 2.27. The summed E-state index contributed by atoms with van der Waals surface area (Å²) in [4.78, 5) is 12.1. The molecule has 1 aliphatic rings. The first-order valence-corrected chi connectivity index (χ1v) is 7.37. The molecule has 21 heavy (non-hydrogen) atoms. The highest BCUT2D eigenvalue weighted by Crippen LogP contribution is 2.26. The molecule has 1 aliphatic heterocycles. The Morgan fingerprint density at radius 2 is 2.00 bits per heavy atom. The molecule has 2 aromatic carbocycles. The van der Waals surface area contributed by atoms with E-state index in [-0.39, 0.29) is 5.91 Å². The number of amides is 1. The Labute approximate surface area is 132 Å². The van der Waals surface area contributed by atoms with Gasteiger partial charge in [-0.2, -0.15) is 0 Å². The highest BCUT2D eigenvalue weighted by molar-refractivity contribution is 6.42. The maximum atomic E-state index is 12.1. The molecule has 108 valence electrons. The molecule has 1 heterocycles. The lowest BCUT2D eigenvalue weighted by Crippen LogP contribution is -2.22. The molecule has 0 bridgehead atoms. The second-order valence-electron chi connectivity index (χ2n) is 4.85. The second kappa shape index (κ2) is 5.96. The fourth-order valence-corrected chi connectivity index (χ4v) is 2.57. The highest BCUT2D eigenvalue weighted by Gasteiger charge is 2.13. The molecule has 1 amide bonds. The Bertz CT molecular complexity index is 701. The van der Waals surface area contributed by atoms with Crippen LogP contribution in [0, 0.1) is 0 Å². The minimum absolute atomic E-state index is 0.176. The number of halogens is 2. The van der Waals surface area contributed by atoms with Crippen LogP contribution < -0.4 is 10.1 Å². The molecule has 3 nitrogen and oxygen atoms in total. The summed E-state index contributed by atoms with van der Waals surface area (Å²) in [6.45, 7) is 1.20. The molecule has 5 heteroatoms. The van der Waals surface area contributed by atoms with Gasteiger partial charge < -0.3 is 10.1 Å². The Morgan fingerprint density at radius 1 is 1.14 bits per heavy atom. The van der Waals surface area contributed by atoms with E-state index in [0.29, 0.717) is 22.2 Å². The van der Waals surface area contributed by atoms with Crippen molar-refractivity contribution in [2.24, 2.45) is 0 Å². The molecule has 3 rings (SSSR count). The van der Waals surface area contributed by atoms with Crippen molar-refractivity contribution in [3.8, 4) is 5.75 Å². The average molecular weight is 322 g/mol. The van der Waals surface area contributed by atoms with Gasteiger partial charge in [0.05, 0.1) is 16.7 Å². The van der Waals surface area contributed by atoms with Crippen molar-refractivity contribution in [2.45, 2.75) is 13.0 Å². The quantitative estimate of drug-likeness (QED) is 0.932. The highest BCUT2D eigenvalue weighted by atomic mass is 35.5. The van der Waals surface area contributed by atoms with E-state index in [1.165, 1.54) is 5.56 Å². The van der Waals surface area contributed by atoms with Gasteiger partial charge in [-0.3, -0.25) is 4.79 Å². The van der Waals surface area contributed by atoms with E-state index in [4.69, 9.17) is 27.9 Å². The van der Waals surface area contributed by atoms with Crippen LogP contribution in [0.5, 0.6) is 5.75 Å². The summed E-state index contributed by atoms with van der Waals surface area (Å²) in [5.74, 6) is 0.764. The van der Waals surface area contributed by atoms with Gasteiger partial charge in [0.1, 0.15) is 5.75 Å². The first-order valence-electron chi connectivity index (χ1n) is 6.61. The Kier molecular flexibility index (Phi) is 4.04. The normalized spacial score (nSPS) is 12.7. The predicted molar refractivity (Wildman–Crippen MR) is 83.3 cm³/mol. The van der Waals surface area contributed by atoms with Crippen LogP contribution in [0.15, 0.2) is 36.4 Å². The second-order valence-corrected chi connectivity index (χ2v) is 5.67. The van der Waals surface area contributed by atoms with Gasteiger partial charge >= 0.3 is 0 Å². The van der Waals surface area contributed by atoms with Crippen molar-refractivity contribution in [1.82, 2.24) is 5.32 Å². The zero-order valence-corrected chi connectivity index (χ0v) is 12.7. The minimum atomic E-state index is -0.176. The van der Waals surface area contributed by atoms with Crippen molar-refractivity contribution in [1.29, 1.82) is 0 Å². The Morgan fingerprint density at radius 3 is 2.81 bits per heavy atom. The van der Waals surface area contributed by atoms with Gasteiger partial charge in [-0.15, -0.1) is 0 Å². The van der Waals surface area contributed by atoms with Crippen molar-refractivity contribution in [2.75, 3.05) is 6.61 Å². The summed E-state index contributed by atoms with van der Waals surface area (Å²) >= 11 is 11.8. The molecule has 0 fully saturated rings. The van der Waals surface area contributed by atoms with E-state index in [9.17, 15) is 4.79 Å². The number of rotatable bonds is 3. The van der Waals surface area contributed by atoms with Gasteiger partial charge in [-0.25, -0.2) is 0 Å². The molecule has 0 spiro atoms. The number of hydrogen-bond donors (Lipinski definition) is 1. The lowest BCUT2D eigenvalue weighted by Gasteiger charge is -2.07. The Balaban J connectivity index is 1.67. The van der Waals surface area contributed by atoms with Crippen molar-refractivity contribution in [3.63, 3.8) is 0 Å². The monoisotopic (exact) mass is 321 g/mol. The van der Waals surface area contributed by atoms with Gasteiger partial charge in [0.25, 0.3) is 5.91 Å². The lowest BCUT2D eigenvalue weighted by atomic mass is 10.1. The van der Waals surface area contributed by atoms with Crippen LogP contribution in [0.1, 0.15) is 21.5 Å². The van der Waals surface area contributed by atoms with Gasteiger partial charge in [-0.1, -0.05) is 35.3 Å². The fraction of sp³-hybridized carbons (Fsp3) is 0.188. The molecule has 0 radical (unpaired) electrons. The van der Waals surface area contributed by atoms with Gasteiger partial charge in [0.2, 0.25) is 0 Å². The third-order valence-corrected chi connectivity index (χ3v) is 4.13. The lowest BCUT2D eigenvalue weighted by molar-refractivity contribution is 0.0951. The SMILES string of the molecule is O=C(NCc1ccc2c(c1)CCO2)c1ccc(Cl)c(Cl)c1. The van der Waals surface area contributed by atoms with Crippen molar-refractivity contribution < 1.29 is 9.53 Å². The van der Waals surface area contributed by atoms with Crippen molar-refractivity contribution in [3.05, 3.63) is 63.1 Å². The zero-order chi connectivity index (χ0) is 14.8. The molecule has 0 aliphatic carbocycles. The predicted octanol–water partition coefficient (Wildman–Crippen LogP) is 3.86. The summed E-state index contributed by atoms with van der Waals surface area (Å²) in [6, 6.07) is 10.8. The first-order chi connectivity index (χ1) is 10.1. The van der Waals surface area contributed by atoms with Gasteiger partial charge in [0.15, 0.2) is 0 Å². The number of nitrogens with one attached hydrogen (secondary N) is 1. The third kappa shape index (κ3) is 3.14. The molecule has 2 aromatic rings. The average Bonchev–Trinajstić information content (AvgIpc) is 2.95. The molecule has 0 aromatic heterocycles. The van der Waals surface area contributed by atoms with Crippen LogP contribution >= 0.6 is 23.2 Å². The number of carbonyl (C=O) groups excluding carboxylic acids is 1. The molecule has 0 atom stereocenters. The summed E-state index contributed by atoms with van der Waals surface area (Å²) in [5, 5.41) is 3.68. The summed E-state index contributed by atoms with van der Waals surface area (Å²) in [6.07, 6.45) is 0.921. The van der Waals surface area contributed by atoms with Crippen LogP contribution in [-0.4, -0.2) is 12.5 Å². The van der Waals surface area contributed by atoms with E-state index in [1.54, 1.807) is 18.2 Å². The van der Waals surface area contributed by atoms with E-state index in [0.717, 1.165) is 24.3 Å². The van der Waals surface area contributed by atoms with Crippen LogP contribution in [0.25, 0.3) is 0 Å². The van der Waals surface area contributed by atoms with E-state index in [2.05, 4.69) is 11.4 Å². The standard InChI is InChI=1S/C16H13Cl2NO2/c17-13-3-2-12(8-14(13)18)16(20)19-9-10-1-4-15-11(7-10)5-6-21-15/h1-4,7-8H,5-6,9H2,(H,19,20). The summed E-state index contributed by atoms with van der Waals surface area (Å²) in [7, 11) is 0. The van der Waals surface area contributed by atoms with E-state index in [1.807, 2.05) is 12.1 Å². The molecule has 1 N–H and O–H groups in total. The number of hydrogen-bond acceptors (Lipinski definition) is 2. The van der Waals surface area contributed by atoms with E-state index < -0.39 is 0 Å². The van der Waals surface area contributed by atoms with E-state index >= 15 is 0 Å². The largest absolute Gasteiger partial charge is 0.493 e. The molecule has 0 saturated carbocycles. The van der Waals surface area contributed by atoms with Crippen LogP contribution in [0.2, 0.25) is 10.0 Å². The number of ether oxygens (including phenoxy) is 1. The first kappa shape index (κ1) is 14.2. The van der Waals surface area contributed by atoms with Gasteiger partial charge in [0, 0.05) is 18.5 Å². The maximum absolute atomic E-state index is 12.1. The van der Waals surface area contributed by atoms with Crippen LogP contribution in [0.4, 0.5) is 0 Å². The maximum Gasteiger partial charge on any atom is 0.251 e.